The van der Waals surface area contributed by atoms with Crippen LogP contribution in [0, 0.1) is 5.92 Å². The molecule has 6 nitrogen and oxygen atoms in total. The number of rotatable bonds is 3. The molecule has 0 bridgehead atoms. The smallest absolute Gasteiger partial charge is 0.225 e. The van der Waals surface area contributed by atoms with E-state index in [-0.39, 0.29) is 11.8 Å². The molecule has 0 radical (unpaired) electrons. The zero-order valence-electron chi connectivity index (χ0n) is 9.27. The van der Waals surface area contributed by atoms with Crippen LogP contribution in [0.2, 0.25) is 0 Å². The lowest BCUT2D eigenvalue weighted by molar-refractivity contribution is -0.125. The first kappa shape index (κ1) is 10.9. The molecular weight excluding hydrogens is 208 g/mol. The lowest BCUT2D eigenvalue weighted by Gasteiger charge is -2.08. The highest BCUT2D eigenvalue weighted by Gasteiger charge is 2.23. The minimum Gasteiger partial charge on any atom is -0.384 e. The van der Waals surface area contributed by atoms with Crippen LogP contribution in [0.4, 0.5) is 5.82 Å². The molecule has 1 aromatic heterocycles. The Morgan fingerprint density at radius 1 is 1.81 bits per heavy atom. The van der Waals surface area contributed by atoms with Gasteiger partial charge in [-0.2, -0.15) is 5.10 Å². The van der Waals surface area contributed by atoms with Crippen molar-refractivity contribution in [3.8, 4) is 0 Å². The lowest BCUT2D eigenvalue weighted by atomic mass is 10.1. The molecule has 0 aromatic carbocycles. The van der Waals surface area contributed by atoms with Gasteiger partial charge < -0.3 is 15.8 Å². The third kappa shape index (κ3) is 2.16. The highest BCUT2D eigenvalue weighted by Crippen LogP contribution is 2.13. The van der Waals surface area contributed by atoms with Gasteiger partial charge in [0.15, 0.2) is 0 Å². The number of nitrogens with zero attached hydrogens (tertiary/aromatic N) is 2. The average molecular weight is 224 g/mol. The van der Waals surface area contributed by atoms with Crippen molar-refractivity contribution in [2.75, 3.05) is 18.9 Å². The summed E-state index contributed by atoms with van der Waals surface area (Å²) in [6, 6.07) is 0. The Hall–Kier alpha value is -1.56. The first-order valence-corrected chi connectivity index (χ1v) is 5.30. The summed E-state index contributed by atoms with van der Waals surface area (Å²) in [4.78, 5) is 11.7. The molecule has 1 atom stereocenters. The summed E-state index contributed by atoms with van der Waals surface area (Å²) in [6.07, 6.45) is 2.47. The molecule has 2 rings (SSSR count). The second-order valence-electron chi connectivity index (χ2n) is 3.96. The number of nitrogens with two attached hydrogens (primary N) is 1. The van der Waals surface area contributed by atoms with Gasteiger partial charge in [0.2, 0.25) is 5.91 Å². The molecule has 0 aliphatic carbocycles. The number of anilines is 1. The number of ether oxygens (including phenoxy) is 1. The van der Waals surface area contributed by atoms with Crippen LogP contribution in [-0.4, -0.2) is 28.9 Å². The van der Waals surface area contributed by atoms with E-state index in [1.807, 2.05) is 0 Å². The van der Waals surface area contributed by atoms with Crippen LogP contribution in [0.3, 0.4) is 0 Å². The van der Waals surface area contributed by atoms with Gasteiger partial charge in [0.1, 0.15) is 5.82 Å². The van der Waals surface area contributed by atoms with E-state index in [1.54, 1.807) is 17.9 Å². The standard InChI is InChI=1S/C10H16N4O2/c1-14-9(11)8(5-13-14)4-12-10(15)7-2-3-16-6-7/h5,7H,2-4,6,11H2,1H3,(H,12,15). The van der Waals surface area contributed by atoms with Gasteiger partial charge in [-0.3, -0.25) is 9.48 Å². The van der Waals surface area contributed by atoms with E-state index in [2.05, 4.69) is 10.4 Å². The molecule has 16 heavy (non-hydrogen) atoms. The molecule has 1 saturated heterocycles. The van der Waals surface area contributed by atoms with Crippen LogP contribution in [0.5, 0.6) is 0 Å². The van der Waals surface area contributed by atoms with Crippen molar-refractivity contribution >= 4 is 11.7 Å². The highest BCUT2D eigenvalue weighted by atomic mass is 16.5. The summed E-state index contributed by atoms with van der Waals surface area (Å²) in [7, 11) is 1.77. The van der Waals surface area contributed by atoms with E-state index < -0.39 is 0 Å². The predicted molar refractivity (Wildman–Crippen MR) is 58.4 cm³/mol. The Kier molecular flexibility index (Phi) is 3.09. The zero-order chi connectivity index (χ0) is 11.5. The number of hydrogen-bond donors (Lipinski definition) is 2. The zero-order valence-corrected chi connectivity index (χ0v) is 9.27. The molecule has 1 fully saturated rings. The average Bonchev–Trinajstić information content (AvgIpc) is 2.89. The lowest BCUT2D eigenvalue weighted by Crippen LogP contribution is -2.30. The van der Waals surface area contributed by atoms with Crippen molar-refractivity contribution in [1.29, 1.82) is 0 Å². The van der Waals surface area contributed by atoms with Crippen LogP contribution >= 0.6 is 0 Å². The number of aromatic nitrogens is 2. The molecule has 1 aliphatic rings. The van der Waals surface area contributed by atoms with Gasteiger partial charge in [-0.1, -0.05) is 0 Å². The van der Waals surface area contributed by atoms with E-state index in [1.165, 1.54) is 0 Å². The number of hydrogen-bond acceptors (Lipinski definition) is 4. The summed E-state index contributed by atoms with van der Waals surface area (Å²) in [5.74, 6) is 0.599. The minimum atomic E-state index is -0.0158. The van der Waals surface area contributed by atoms with Crippen LogP contribution in [-0.2, 0) is 23.1 Å². The van der Waals surface area contributed by atoms with Crippen LogP contribution in [0.1, 0.15) is 12.0 Å². The second-order valence-corrected chi connectivity index (χ2v) is 3.96. The maximum Gasteiger partial charge on any atom is 0.225 e. The van der Waals surface area contributed by atoms with Crippen molar-refractivity contribution in [1.82, 2.24) is 15.1 Å². The van der Waals surface area contributed by atoms with Crippen molar-refractivity contribution in [3.05, 3.63) is 11.8 Å². The number of nitrogen functional groups attached to an aromatic ring is 1. The monoisotopic (exact) mass is 224 g/mol. The first-order valence-electron chi connectivity index (χ1n) is 5.30. The predicted octanol–water partition coefficient (Wildman–Crippen LogP) is -0.345. The molecule has 1 aromatic rings. The van der Waals surface area contributed by atoms with E-state index in [0.29, 0.717) is 25.6 Å². The first-order chi connectivity index (χ1) is 7.68. The summed E-state index contributed by atoms with van der Waals surface area (Å²) >= 11 is 0. The molecular formula is C10H16N4O2. The van der Waals surface area contributed by atoms with Crippen molar-refractivity contribution < 1.29 is 9.53 Å². The Balaban J connectivity index is 1.87. The minimum absolute atomic E-state index is 0.0158. The third-order valence-electron chi connectivity index (χ3n) is 2.82. The Labute approximate surface area is 93.8 Å². The van der Waals surface area contributed by atoms with Gasteiger partial charge in [-0.25, -0.2) is 0 Å². The van der Waals surface area contributed by atoms with Gasteiger partial charge in [0.05, 0.1) is 18.7 Å². The van der Waals surface area contributed by atoms with Crippen molar-refractivity contribution in [2.45, 2.75) is 13.0 Å². The molecule has 88 valence electrons. The summed E-state index contributed by atoms with van der Waals surface area (Å²) < 4.78 is 6.74. The number of nitrogens with one attached hydrogen (secondary N) is 1. The molecule has 0 spiro atoms. The fourth-order valence-corrected chi connectivity index (χ4v) is 1.70. The van der Waals surface area contributed by atoms with E-state index in [0.717, 1.165) is 12.0 Å². The summed E-state index contributed by atoms with van der Waals surface area (Å²) in [5, 5.41) is 6.85. The van der Waals surface area contributed by atoms with Crippen LogP contribution < -0.4 is 11.1 Å². The van der Waals surface area contributed by atoms with E-state index >= 15 is 0 Å². The van der Waals surface area contributed by atoms with Crippen molar-refractivity contribution in [3.63, 3.8) is 0 Å². The number of amides is 1. The molecule has 1 unspecified atom stereocenters. The fourth-order valence-electron chi connectivity index (χ4n) is 1.70. The number of carbonyl (C=O) groups excluding carboxylic acids is 1. The summed E-state index contributed by atoms with van der Waals surface area (Å²) in [6.45, 7) is 1.62. The number of aryl methyl sites for hydroxylation is 1. The molecule has 1 amide bonds. The molecule has 6 heteroatoms. The van der Waals surface area contributed by atoms with Gasteiger partial charge in [-0.05, 0) is 6.42 Å². The number of carbonyl (C=O) groups is 1. The normalized spacial score (nSPS) is 19.9. The van der Waals surface area contributed by atoms with Crippen LogP contribution in [0.15, 0.2) is 6.20 Å². The molecule has 1 aliphatic heterocycles. The van der Waals surface area contributed by atoms with Gasteiger partial charge >= 0.3 is 0 Å². The Morgan fingerprint density at radius 2 is 2.62 bits per heavy atom. The van der Waals surface area contributed by atoms with E-state index in [9.17, 15) is 4.79 Å². The maximum absolute atomic E-state index is 11.7. The fraction of sp³-hybridized carbons (Fsp3) is 0.600. The maximum atomic E-state index is 11.7. The third-order valence-corrected chi connectivity index (χ3v) is 2.82. The Morgan fingerprint density at radius 3 is 3.19 bits per heavy atom. The highest BCUT2D eigenvalue weighted by molar-refractivity contribution is 5.79. The molecule has 2 heterocycles. The van der Waals surface area contributed by atoms with Gasteiger partial charge in [0.25, 0.3) is 0 Å². The van der Waals surface area contributed by atoms with Gasteiger partial charge in [-0.15, -0.1) is 0 Å². The van der Waals surface area contributed by atoms with E-state index in [4.69, 9.17) is 10.5 Å². The molecule has 0 saturated carbocycles. The SMILES string of the molecule is Cn1ncc(CNC(=O)C2CCOC2)c1N. The second kappa shape index (κ2) is 4.52. The topological polar surface area (TPSA) is 82.2 Å². The summed E-state index contributed by atoms with van der Waals surface area (Å²) in [5.41, 5.74) is 6.61. The quantitative estimate of drug-likeness (QED) is 0.735. The van der Waals surface area contributed by atoms with Gasteiger partial charge in [0, 0.05) is 25.8 Å². The van der Waals surface area contributed by atoms with Crippen LogP contribution in [0.25, 0.3) is 0 Å². The van der Waals surface area contributed by atoms with Crippen molar-refractivity contribution in [2.24, 2.45) is 13.0 Å². The largest absolute Gasteiger partial charge is 0.384 e. The Bertz CT molecular complexity index is 382. The molecule has 3 N–H and O–H groups in total.